The highest BCUT2D eigenvalue weighted by atomic mass is 32.3. The summed E-state index contributed by atoms with van der Waals surface area (Å²) in [6.45, 7) is 1.04. The Morgan fingerprint density at radius 1 is 1.06 bits per heavy atom. The first-order valence-corrected chi connectivity index (χ1v) is 6.25. The van der Waals surface area contributed by atoms with E-state index in [-0.39, 0.29) is 6.61 Å². The van der Waals surface area contributed by atoms with Crippen LogP contribution in [0.1, 0.15) is 6.92 Å². The minimum atomic E-state index is -5.12. The van der Waals surface area contributed by atoms with Crippen molar-refractivity contribution >= 4 is 20.8 Å². The van der Waals surface area contributed by atoms with Crippen LogP contribution in [0.2, 0.25) is 0 Å². The number of aliphatic hydroxyl groups is 3. The van der Waals surface area contributed by atoms with Crippen molar-refractivity contribution in [3.05, 3.63) is 0 Å². The van der Waals surface area contributed by atoms with Crippen LogP contribution >= 0.6 is 0 Å². The molecule has 0 aliphatic heterocycles. The molecule has 0 aromatic heterocycles. The van der Waals surface area contributed by atoms with E-state index in [1.165, 1.54) is 6.92 Å². The third kappa shape index (κ3) is 16.1. The molecule has 16 heavy (non-hydrogen) atoms. The summed E-state index contributed by atoms with van der Waals surface area (Å²) in [7, 11) is -10.2. The predicted octanol–water partition coefficient (Wildman–Crippen LogP) is -2.67. The normalized spacial score (nSPS) is 15.9. The molecule has 0 bridgehead atoms. The Morgan fingerprint density at radius 2 is 1.38 bits per heavy atom. The summed E-state index contributed by atoms with van der Waals surface area (Å²) in [6.07, 6.45) is -1.81. The van der Waals surface area contributed by atoms with Crippen molar-refractivity contribution in [2.24, 2.45) is 0 Å². The minimum Gasteiger partial charge on any atom is -0.394 e. The van der Waals surface area contributed by atoms with Gasteiger partial charge in [0.05, 0.1) is 12.7 Å². The molecule has 0 fully saturated rings. The number of aliphatic hydroxyl groups excluding tert-OH is 3. The summed E-state index contributed by atoms with van der Waals surface area (Å²) in [5.74, 6) is 0. The smallest absolute Gasteiger partial charge is 0.394 e. The number of hydrogen-bond acceptors (Lipinski definition) is 8. The van der Waals surface area contributed by atoms with Crippen LogP contribution in [0.4, 0.5) is 0 Å². The van der Waals surface area contributed by atoms with Crippen molar-refractivity contribution in [1.29, 1.82) is 0 Å². The van der Waals surface area contributed by atoms with Crippen molar-refractivity contribution in [1.82, 2.24) is 0 Å². The van der Waals surface area contributed by atoms with Gasteiger partial charge in [-0.05, 0) is 6.92 Å². The fraction of sp³-hybridized carbons (Fsp3) is 1.00. The van der Waals surface area contributed by atoms with E-state index in [0.29, 0.717) is 0 Å². The molecule has 5 N–H and O–H groups in total. The van der Waals surface area contributed by atoms with Crippen LogP contribution in [0.15, 0.2) is 0 Å². The summed E-state index contributed by atoms with van der Waals surface area (Å²) >= 11 is 0. The molecule has 0 saturated carbocycles. The van der Waals surface area contributed by atoms with Crippen LogP contribution in [-0.2, 0) is 24.4 Å². The zero-order valence-electron chi connectivity index (χ0n) is 7.96. The van der Waals surface area contributed by atoms with E-state index < -0.39 is 33.0 Å². The molecule has 0 heterocycles. The van der Waals surface area contributed by atoms with Gasteiger partial charge in [-0.2, -0.15) is 16.8 Å². The molecule has 10 nitrogen and oxygen atoms in total. The van der Waals surface area contributed by atoms with E-state index in [9.17, 15) is 16.8 Å². The molecule has 2 unspecified atom stereocenters. The molecule has 0 amide bonds. The van der Waals surface area contributed by atoms with Crippen LogP contribution in [0, 0.1) is 0 Å². The minimum absolute atomic E-state index is 0.377. The summed E-state index contributed by atoms with van der Waals surface area (Å²) in [6, 6.07) is 0. The van der Waals surface area contributed by atoms with Gasteiger partial charge in [-0.15, -0.1) is 3.63 Å². The van der Waals surface area contributed by atoms with Crippen molar-refractivity contribution in [3.63, 3.8) is 0 Å². The fourth-order valence-corrected chi connectivity index (χ4v) is 1.13. The first-order valence-electron chi connectivity index (χ1n) is 3.52. The molecule has 0 rings (SSSR count). The maximum Gasteiger partial charge on any atom is 0.413 e. The Labute approximate surface area is 92.0 Å². The van der Waals surface area contributed by atoms with Crippen molar-refractivity contribution in [3.8, 4) is 0 Å². The summed E-state index contributed by atoms with van der Waals surface area (Å²) < 4.78 is 55.6. The van der Waals surface area contributed by atoms with E-state index in [2.05, 4.69) is 3.63 Å². The highest BCUT2D eigenvalue weighted by molar-refractivity contribution is 7.94. The molecular formula is C4H12O10S2. The summed E-state index contributed by atoms with van der Waals surface area (Å²) in [5.41, 5.74) is 0. The molecule has 0 saturated heterocycles. The lowest BCUT2D eigenvalue weighted by Crippen LogP contribution is -2.25. The molecular weight excluding hydrogens is 272 g/mol. The van der Waals surface area contributed by atoms with Gasteiger partial charge in [0.15, 0.2) is 0 Å². The third-order valence-electron chi connectivity index (χ3n) is 0.916. The molecule has 0 aliphatic carbocycles. The zero-order chi connectivity index (χ0) is 13.6. The number of rotatable bonds is 4. The highest BCUT2D eigenvalue weighted by Gasteiger charge is 2.15. The van der Waals surface area contributed by atoms with Gasteiger partial charge in [0, 0.05) is 0 Å². The lowest BCUT2D eigenvalue weighted by molar-refractivity contribution is -0.00425. The summed E-state index contributed by atoms with van der Waals surface area (Å²) in [4.78, 5) is 0. The first-order chi connectivity index (χ1) is 6.89. The second kappa shape index (κ2) is 7.08. The molecule has 0 aliphatic rings. The van der Waals surface area contributed by atoms with Crippen LogP contribution < -0.4 is 0 Å². The van der Waals surface area contributed by atoms with Crippen LogP contribution in [0.5, 0.6) is 0 Å². The quantitative estimate of drug-likeness (QED) is 0.342. The van der Waals surface area contributed by atoms with Gasteiger partial charge < -0.3 is 15.3 Å². The molecule has 100 valence electrons. The van der Waals surface area contributed by atoms with Crippen molar-refractivity contribution in [2.75, 3.05) is 6.61 Å². The highest BCUT2D eigenvalue weighted by Crippen LogP contribution is 1.91. The van der Waals surface area contributed by atoms with Gasteiger partial charge in [-0.25, -0.2) is 0 Å². The third-order valence-corrected chi connectivity index (χ3v) is 2.29. The Hall–Kier alpha value is -0.340. The average Bonchev–Trinajstić information content (AvgIpc) is 1.96. The van der Waals surface area contributed by atoms with Crippen molar-refractivity contribution < 1.29 is 44.9 Å². The summed E-state index contributed by atoms with van der Waals surface area (Å²) in [5, 5.41) is 24.9. The monoisotopic (exact) mass is 284 g/mol. The Balaban J connectivity index is 0. The van der Waals surface area contributed by atoms with Crippen LogP contribution in [0.3, 0.4) is 0 Å². The van der Waals surface area contributed by atoms with E-state index in [1.54, 1.807) is 0 Å². The van der Waals surface area contributed by atoms with Gasteiger partial charge in [0.2, 0.25) is 0 Å². The second-order valence-electron chi connectivity index (χ2n) is 2.41. The van der Waals surface area contributed by atoms with Gasteiger partial charge in [-0.3, -0.25) is 9.11 Å². The average molecular weight is 284 g/mol. The fourth-order valence-electron chi connectivity index (χ4n) is 0.261. The van der Waals surface area contributed by atoms with E-state index in [0.717, 1.165) is 0 Å². The van der Waals surface area contributed by atoms with Crippen LogP contribution in [0.25, 0.3) is 0 Å². The Morgan fingerprint density at radius 3 is 1.38 bits per heavy atom. The molecule has 12 heteroatoms. The largest absolute Gasteiger partial charge is 0.413 e. The van der Waals surface area contributed by atoms with Crippen molar-refractivity contribution in [2.45, 2.75) is 19.1 Å². The molecule has 0 spiro atoms. The van der Waals surface area contributed by atoms with E-state index in [4.69, 9.17) is 24.4 Å². The van der Waals surface area contributed by atoms with Gasteiger partial charge in [0.1, 0.15) is 6.10 Å². The Bertz CT molecular complexity index is 336. The first kappa shape index (κ1) is 18.0. The van der Waals surface area contributed by atoms with Crippen LogP contribution in [-0.4, -0.2) is 60.1 Å². The second-order valence-corrected chi connectivity index (χ2v) is 4.67. The Kier molecular flexibility index (Phi) is 7.98. The van der Waals surface area contributed by atoms with Gasteiger partial charge in [-0.1, -0.05) is 0 Å². The SMILES string of the molecule is CC(O)C(O)CO.O=S(=O)(O)OS(=O)(=O)O. The lowest BCUT2D eigenvalue weighted by Gasteiger charge is -2.07. The van der Waals surface area contributed by atoms with Gasteiger partial charge >= 0.3 is 20.8 Å². The standard InChI is InChI=1S/C4H10O3.H2O7S2/c1-3(6)4(7)2-5;1-8(2,3)7-9(4,5)6/h3-7H,2H2,1H3;(H,1,2,3)(H,4,5,6). The number of hydrogen-bond donors (Lipinski definition) is 5. The van der Waals surface area contributed by atoms with E-state index in [1.807, 2.05) is 0 Å². The van der Waals surface area contributed by atoms with E-state index >= 15 is 0 Å². The van der Waals surface area contributed by atoms with Gasteiger partial charge in [0.25, 0.3) is 0 Å². The predicted molar refractivity (Wildman–Crippen MR) is 49.0 cm³/mol. The zero-order valence-corrected chi connectivity index (χ0v) is 9.59. The maximum absolute atomic E-state index is 9.44. The topological polar surface area (TPSA) is 179 Å². The molecule has 0 radical (unpaired) electrons. The molecule has 0 aromatic carbocycles. The molecule has 0 aromatic rings. The lowest BCUT2D eigenvalue weighted by atomic mass is 10.2. The maximum atomic E-state index is 9.44. The molecule has 2 atom stereocenters.